The third-order valence-corrected chi connectivity index (χ3v) is 4.70. The van der Waals surface area contributed by atoms with Gasteiger partial charge in [-0.2, -0.15) is 0 Å². The molecule has 134 valence electrons. The quantitative estimate of drug-likeness (QED) is 0.925. The molecular formula is C18H23FN4O2. The van der Waals surface area contributed by atoms with Crippen molar-refractivity contribution in [2.75, 3.05) is 20.2 Å². The van der Waals surface area contributed by atoms with Crippen LogP contribution in [0.15, 0.2) is 36.9 Å². The molecule has 7 heteroatoms. The van der Waals surface area contributed by atoms with Gasteiger partial charge in [0.25, 0.3) is 0 Å². The van der Waals surface area contributed by atoms with Crippen molar-refractivity contribution >= 4 is 6.03 Å². The standard InChI is InChI=1S/C18H23FN4O2/c1-13(17-15(19)4-3-5-16(17)25-2)21-18(24)22-9-6-14(7-10-22)23-11-8-20-12-23/h3-5,8,11-14H,6-7,9-10H2,1-2H3,(H,21,24)/t13-/m0/s1. The Morgan fingerprint density at radius 1 is 1.40 bits per heavy atom. The van der Waals surface area contributed by atoms with Gasteiger partial charge in [-0.3, -0.25) is 0 Å². The van der Waals surface area contributed by atoms with Crippen LogP contribution >= 0.6 is 0 Å². The lowest BCUT2D eigenvalue weighted by atomic mass is 10.0. The SMILES string of the molecule is COc1cccc(F)c1[C@H](C)NC(=O)N1CCC(n2ccnc2)CC1. The first-order chi connectivity index (χ1) is 12.1. The average molecular weight is 346 g/mol. The number of ether oxygens (including phenoxy) is 1. The number of hydrogen-bond donors (Lipinski definition) is 1. The topological polar surface area (TPSA) is 59.4 Å². The van der Waals surface area contributed by atoms with Crippen molar-refractivity contribution in [3.63, 3.8) is 0 Å². The van der Waals surface area contributed by atoms with Gasteiger partial charge in [0, 0.05) is 31.5 Å². The number of amides is 2. The van der Waals surface area contributed by atoms with Crippen molar-refractivity contribution in [2.45, 2.75) is 31.8 Å². The number of methoxy groups -OCH3 is 1. The summed E-state index contributed by atoms with van der Waals surface area (Å²) in [7, 11) is 1.49. The number of hydrogen-bond acceptors (Lipinski definition) is 3. The number of aromatic nitrogens is 2. The zero-order chi connectivity index (χ0) is 17.8. The van der Waals surface area contributed by atoms with Crippen LogP contribution < -0.4 is 10.1 Å². The van der Waals surface area contributed by atoms with Crippen LogP contribution in [0.25, 0.3) is 0 Å². The van der Waals surface area contributed by atoms with Gasteiger partial charge in [0.05, 0.1) is 25.0 Å². The molecule has 1 aliphatic heterocycles. The van der Waals surface area contributed by atoms with Crippen molar-refractivity contribution in [3.8, 4) is 5.75 Å². The molecule has 1 aromatic carbocycles. The molecule has 25 heavy (non-hydrogen) atoms. The monoisotopic (exact) mass is 346 g/mol. The van der Waals surface area contributed by atoms with Crippen LogP contribution in [0.2, 0.25) is 0 Å². The van der Waals surface area contributed by atoms with Crippen LogP contribution in [0.1, 0.15) is 37.4 Å². The highest BCUT2D eigenvalue weighted by atomic mass is 19.1. The normalized spacial score (nSPS) is 16.5. The lowest BCUT2D eigenvalue weighted by Gasteiger charge is -2.33. The number of nitrogens with zero attached hydrogens (tertiary/aromatic N) is 3. The van der Waals surface area contributed by atoms with E-state index in [1.807, 2.05) is 12.5 Å². The molecule has 0 spiro atoms. The summed E-state index contributed by atoms with van der Waals surface area (Å²) in [5.41, 5.74) is 0.367. The van der Waals surface area contributed by atoms with Crippen molar-refractivity contribution in [1.29, 1.82) is 0 Å². The Labute approximate surface area is 146 Å². The highest BCUT2D eigenvalue weighted by Gasteiger charge is 2.26. The van der Waals surface area contributed by atoms with Crippen LogP contribution in [0.5, 0.6) is 5.75 Å². The van der Waals surface area contributed by atoms with E-state index in [2.05, 4.69) is 14.9 Å². The fourth-order valence-electron chi connectivity index (χ4n) is 3.32. The van der Waals surface area contributed by atoms with Crippen molar-refractivity contribution in [3.05, 3.63) is 48.3 Å². The summed E-state index contributed by atoms with van der Waals surface area (Å²) in [5, 5.41) is 2.88. The van der Waals surface area contributed by atoms with Crippen LogP contribution in [-0.4, -0.2) is 40.7 Å². The predicted octanol–water partition coefficient (Wildman–Crippen LogP) is 3.14. The van der Waals surface area contributed by atoms with Gasteiger partial charge in [0.2, 0.25) is 0 Å². The fraction of sp³-hybridized carbons (Fsp3) is 0.444. The minimum absolute atomic E-state index is 0.179. The molecular weight excluding hydrogens is 323 g/mol. The Bertz CT molecular complexity index is 712. The summed E-state index contributed by atoms with van der Waals surface area (Å²) in [6.45, 7) is 3.09. The molecule has 2 heterocycles. The molecule has 0 radical (unpaired) electrons. The predicted molar refractivity (Wildman–Crippen MR) is 92.0 cm³/mol. The first-order valence-electron chi connectivity index (χ1n) is 8.45. The molecule has 2 aromatic rings. The maximum atomic E-state index is 14.1. The third-order valence-electron chi connectivity index (χ3n) is 4.70. The number of piperidine rings is 1. The Hall–Kier alpha value is -2.57. The van der Waals surface area contributed by atoms with E-state index < -0.39 is 6.04 Å². The van der Waals surface area contributed by atoms with Gasteiger partial charge in [-0.15, -0.1) is 0 Å². The number of likely N-dealkylation sites (tertiary alicyclic amines) is 1. The molecule has 1 aromatic heterocycles. The van der Waals surface area contributed by atoms with Gasteiger partial charge in [0.1, 0.15) is 11.6 Å². The number of carbonyl (C=O) groups is 1. The van der Waals surface area contributed by atoms with E-state index in [-0.39, 0.29) is 11.8 Å². The highest BCUT2D eigenvalue weighted by molar-refractivity contribution is 5.75. The molecule has 0 bridgehead atoms. The van der Waals surface area contributed by atoms with Crippen LogP contribution in [0, 0.1) is 5.82 Å². The lowest BCUT2D eigenvalue weighted by Crippen LogP contribution is -2.45. The van der Waals surface area contributed by atoms with E-state index in [4.69, 9.17) is 4.74 Å². The van der Waals surface area contributed by atoms with Gasteiger partial charge in [0.15, 0.2) is 0 Å². The van der Waals surface area contributed by atoms with Gasteiger partial charge in [-0.05, 0) is 31.9 Å². The Kier molecular flexibility index (Phi) is 5.21. The van der Waals surface area contributed by atoms with Crippen LogP contribution in [0.3, 0.4) is 0 Å². The second-order valence-electron chi connectivity index (χ2n) is 6.26. The molecule has 6 nitrogen and oxygen atoms in total. The number of rotatable bonds is 4. The van der Waals surface area contributed by atoms with Gasteiger partial charge in [-0.25, -0.2) is 14.2 Å². The van der Waals surface area contributed by atoms with E-state index in [1.54, 1.807) is 30.2 Å². The Morgan fingerprint density at radius 3 is 2.80 bits per heavy atom. The maximum Gasteiger partial charge on any atom is 0.317 e. The van der Waals surface area contributed by atoms with Crippen LogP contribution in [-0.2, 0) is 0 Å². The summed E-state index contributed by atoms with van der Waals surface area (Å²) in [6, 6.07) is 4.37. The number of urea groups is 1. The summed E-state index contributed by atoms with van der Waals surface area (Å²) in [6.07, 6.45) is 7.28. The summed E-state index contributed by atoms with van der Waals surface area (Å²) in [5.74, 6) is 0.0533. The summed E-state index contributed by atoms with van der Waals surface area (Å²) >= 11 is 0. The first-order valence-corrected chi connectivity index (χ1v) is 8.45. The molecule has 2 amide bonds. The van der Waals surface area contributed by atoms with Crippen LogP contribution in [0.4, 0.5) is 9.18 Å². The minimum atomic E-state index is -0.477. The number of nitrogens with one attached hydrogen (secondary N) is 1. The number of benzene rings is 1. The van der Waals surface area contributed by atoms with Gasteiger partial charge in [-0.1, -0.05) is 6.07 Å². The molecule has 1 saturated heterocycles. The van der Waals surface area contributed by atoms with E-state index >= 15 is 0 Å². The maximum absolute atomic E-state index is 14.1. The third kappa shape index (κ3) is 3.75. The second-order valence-corrected chi connectivity index (χ2v) is 6.26. The van der Waals surface area contributed by atoms with Crippen molar-refractivity contribution in [1.82, 2.24) is 19.8 Å². The lowest BCUT2D eigenvalue weighted by molar-refractivity contribution is 0.168. The van der Waals surface area contributed by atoms with Gasteiger partial charge < -0.3 is 19.5 Å². The first kappa shape index (κ1) is 17.3. The van der Waals surface area contributed by atoms with Crippen molar-refractivity contribution < 1.29 is 13.9 Å². The molecule has 0 saturated carbocycles. The molecule has 0 aliphatic carbocycles. The number of carbonyl (C=O) groups excluding carboxylic acids is 1. The molecule has 1 atom stereocenters. The van der Waals surface area contributed by atoms with E-state index in [0.29, 0.717) is 30.4 Å². The van der Waals surface area contributed by atoms with Crippen molar-refractivity contribution in [2.24, 2.45) is 0 Å². The average Bonchev–Trinajstić information content (AvgIpc) is 3.16. The Morgan fingerprint density at radius 2 is 2.16 bits per heavy atom. The summed E-state index contributed by atoms with van der Waals surface area (Å²) < 4.78 is 21.4. The number of imidazole rings is 1. The molecule has 1 aliphatic rings. The fourth-order valence-corrected chi connectivity index (χ4v) is 3.32. The smallest absolute Gasteiger partial charge is 0.317 e. The van der Waals surface area contributed by atoms with E-state index in [9.17, 15) is 9.18 Å². The van der Waals surface area contributed by atoms with E-state index in [1.165, 1.54) is 13.2 Å². The molecule has 3 rings (SSSR count). The Balaban J connectivity index is 1.60. The molecule has 1 fully saturated rings. The molecule has 1 N–H and O–H groups in total. The second kappa shape index (κ2) is 7.55. The van der Waals surface area contributed by atoms with Gasteiger partial charge >= 0.3 is 6.03 Å². The zero-order valence-electron chi connectivity index (χ0n) is 14.5. The largest absolute Gasteiger partial charge is 0.496 e. The highest BCUT2D eigenvalue weighted by Crippen LogP contribution is 2.28. The van der Waals surface area contributed by atoms with E-state index in [0.717, 1.165) is 12.8 Å². The minimum Gasteiger partial charge on any atom is -0.496 e. The number of halogens is 1. The molecule has 0 unspecified atom stereocenters. The zero-order valence-corrected chi connectivity index (χ0v) is 14.5. The summed E-state index contributed by atoms with van der Waals surface area (Å²) in [4.78, 5) is 18.4.